The zero-order chi connectivity index (χ0) is 24.5. The number of aliphatic imine (C=N–C) groups is 1. The van der Waals surface area contributed by atoms with Gasteiger partial charge >= 0.3 is 0 Å². The maximum atomic E-state index is 12.8. The first-order valence-corrected chi connectivity index (χ1v) is 11.8. The van der Waals surface area contributed by atoms with Gasteiger partial charge in [0, 0.05) is 36.8 Å². The lowest BCUT2D eigenvalue weighted by molar-refractivity contribution is -0.121. The van der Waals surface area contributed by atoms with Crippen LogP contribution in [0.25, 0.3) is 11.8 Å². The Bertz CT molecular complexity index is 860. The number of rotatable bonds is 9. The van der Waals surface area contributed by atoms with Crippen LogP contribution >= 0.6 is 11.8 Å². The van der Waals surface area contributed by atoms with Crippen LogP contribution in [0.5, 0.6) is 0 Å². The van der Waals surface area contributed by atoms with Gasteiger partial charge in [0.25, 0.3) is 0 Å². The van der Waals surface area contributed by atoms with Gasteiger partial charge in [-0.15, -0.1) is 11.8 Å². The minimum absolute atomic E-state index is 0.00943. The SMILES string of the molecule is C=Cc1ccc(C=O)cn1.C=N/C(=C(\SCNC)C(=O)C1CCOCC1)c1ccco1.CC. The average Bonchev–Trinajstić information content (AvgIpc) is 3.43. The van der Waals surface area contributed by atoms with E-state index in [0.717, 1.165) is 24.8 Å². The Kier molecular flexibility index (Phi) is 14.3. The van der Waals surface area contributed by atoms with Gasteiger partial charge in [-0.1, -0.05) is 20.4 Å². The molecule has 33 heavy (non-hydrogen) atoms. The molecule has 3 heterocycles. The summed E-state index contributed by atoms with van der Waals surface area (Å²) in [6.45, 7) is 12.4. The van der Waals surface area contributed by atoms with Gasteiger partial charge in [0.15, 0.2) is 17.8 Å². The molecule has 1 saturated heterocycles. The molecule has 178 valence electrons. The third kappa shape index (κ3) is 9.29. The smallest absolute Gasteiger partial charge is 0.174 e. The fourth-order valence-corrected chi connectivity index (χ4v) is 3.73. The summed E-state index contributed by atoms with van der Waals surface area (Å²) in [6.07, 6.45) is 6.99. The third-order valence-electron chi connectivity index (χ3n) is 4.46. The van der Waals surface area contributed by atoms with Crippen LogP contribution in [0.2, 0.25) is 0 Å². The molecular formula is C25H33N3O4S. The van der Waals surface area contributed by atoms with Gasteiger partial charge in [-0.2, -0.15) is 0 Å². The van der Waals surface area contributed by atoms with E-state index < -0.39 is 0 Å². The Labute approximate surface area is 200 Å². The fourth-order valence-electron chi connectivity index (χ4n) is 2.83. The van der Waals surface area contributed by atoms with Crippen molar-refractivity contribution in [3.8, 4) is 0 Å². The lowest BCUT2D eigenvalue weighted by Gasteiger charge is -2.22. The number of pyridine rings is 1. The van der Waals surface area contributed by atoms with Gasteiger partial charge in [-0.3, -0.25) is 19.6 Å². The molecule has 1 aliphatic rings. The minimum atomic E-state index is -0.00943. The number of hydrogen-bond acceptors (Lipinski definition) is 8. The quantitative estimate of drug-likeness (QED) is 0.235. The van der Waals surface area contributed by atoms with Crippen molar-refractivity contribution in [1.82, 2.24) is 10.3 Å². The van der Waals surface area contributed by atoms with E-state index in [2.05, 4.69) is 28.6 Å². The number of Topliss-reactive ketones (excluding diaryl/α,β-unsaturated/α-hetero) is 1. The van der Waals surface area contributed by atoms with Crippen LogP contribution in [0.15, 0.2) is 57.6 Å². The number of thioether (sulfide) groups is 1. The van der Waals surface area contributed by atoms with Crippen molar-refractivity contribution < 1.29 is 18.7 Å². The summed E-state index contributed by atoms with van der Waals surface area (Å²) >= 11 is 1.44. The molecule has 0 aliphatic carbocycles. The van der Waals surface area contributed by atoms with Crippen LogP contribution in [0.1, 0.15) is 48.5 Å². The molecule has 1 aliphatic heterocycles. The molecule has 2 aromatic rings. The first-order valence-electron chi connectivity index (χ1n) is 10.8. The molecule has 1 fully saturated rings. The third-order valence-corrected chi connectivity index (χ3v) is 5.58. The molecule has 2 aromatic heterocycles. The molecule has 8 heteroatoms. The number of allylic oxidation sites excluding steroid dienone is 1. The van der Waals surface area contributed by atoms with Gasteiger partial charge < -0.3 is 14.5 Å². The molecule has 0 unspecified atom stereocenters. The van der Waals surface area contributed by atoms with E-state index in [0.29, 0.717) is 41.0 Å². The van der Waals surface area contributed by atoms with E-state index in [1.165, 1.54) is 18.0 Å². The molecule has 3 rings (SSSR count). The van der Waals surface area contributed by atoms with Crippen molar-refractivity contribution in [3.05, 3.63) is 65.2 Å². The molecule has 0 bridgehead atoms. The Morgan fingerprint density at radius 2 is 2.03 bits per heavy atom. The van der Waals surface area contributed by atoms with E-state index in [4.69, 9.17) is 9.15 Å². The van der Waals surface area contributed by atoms with Crippen molar-refractivity contribution in [3.63, 3.8) is 0 Å². The number of furan rings is 1. The highest BCUT2D eigenvalue weighted by Gasteiger charge is 2.28. The minimum Gasteiger partial charge on any atom is -0.463 e. The van der Waals surface area contributed by atoms with Crippen LogP contribution in [0, 0.1) is 5.92 Å². The second-order valence-corrected chi connectivity index (χ2v) is 7.53. The maximum Gasteiger partial charge on any atom is 0.174 e. The van der Waals surface area contributed by atoms with Gasteiger partial charge in [0.2, 0.25) is 0 Å². The Hall–Kier alpha value is -2.81. The summed E-state index contributed by atoms with van der Waals surface area (Å²) in [5, 5.41) is 3.04. The Morgan fingerprint density at radius 1 is 1.30 bits per heavy atom. The van der Waals surface area contributed by atoms with Crippen molar-refractivity contribution in [2.24, 2.45) is 10.9 Å². The average molecular weight is 472 g/mol. The number of carbonyl (C=O) groups excluding carboxylic acids is 2. The molecule has 1 N–H and O–H groups in total. The molecular weight excluding hydrogens is 438 g/mol. The number of hydrogen-bond donors (Lipinski definition) is 1. The molecule has 0 spiro atoms. The summed E-state index contributed by atoms with van der Waals surface area (Å²) in [6, 6.07) is 7.02. The van der Waals surface area contributed by atoms with E-state index in [1.807, 2.05) is 20.9 Å². The van der Waals surface area contributed by atoms with E-state index in [1.54, 1.807) is 36.6 Å². The fraction of sp³-hybridized carbons (Fsp3) is 0.360. The summed E-state index contributed by atoms with van der Waals surface area (Å²) in [5.74, 6) is 1.30. The highest BCUT2D eigenvalue weighted by molar-refractivity contribution is 8.04. The van der Waals surface area contributed by atoms with Gasteiger partial charge in [-0.05, 0) is 56.9 Å². The molecule has 0 aromatic carbocycles. The highest BCUT2D eigenvalue weighted by atomic mass is 32.2. The van der Waals surface area contributed by atoms with Crippen LogP contribution in [-0.2, 0) is 9.53 Å². The molecule has 0 atom stereocenters. The zero-order valence-corrected chi connectivity index (χ0v) is 20.4. The highest BCUT2D eigenvalue weighted by Crippen LogP contribution is 2.33. The van der Waals surface area contributed by atoms with Crippen molar-refractivity contribution in [2.75, 3.05) is 26.1 Å². The monoisotopic (exact) mass is 471 g/mol. The van der Waals surface area contributed by atoms with Gasteiger partial charge in [0.1, 0.15) is 5.70 Å². The lowest BCUT2D eigenvalue weighted by Crippen LogP contribution is -2.25. The lowest BCUT2D eigenvalue weighted by atomic mass is 9.94. The summed E-state index contributed by atoms with van der Waals surface area (Å²) < 4.78 is 10.7. The number of nitrogens with one attached hydrogen (secondary N) is 1. The Morgan fingerprint density at radius 3 is 2.52 bits per heavy atom. The topological polar surface area (TPSA) is 93.8 Å². The molecule has 7 nitrogen and oxygen atoms in total. The number of aldehydes is 1. The van der Waals surface area contributed by atoms with Crippen molar-refractivity contribution >= 4 is 42.3 Å². The molecule has 0 amide bonds. The largest absolute Gasteiger partial charge is 0.463 e. The number of ketones is 1. The summed E-state index contributed by atoms with van der Waals surface area (Å²) in [4.78, 5) is 31.5. The molecule has 0 saturated carbocycles. The molecule has 0 radical (unpaired) electrons. The normalized spacial score (nSPS) is 13.9. The van der Waals surface area contributed by atoms with Crippen molar-refractivity contribution in [1.29, 1.82) is 0 Å². The standard InChI is InChI=1S/C15H20N2O3S.C8H7NO.C2H6/c1-16-10-21-15(13(17-2)12-4-3-7-20-12)14(18)11-5-8-19-9-6-11;1-2-8-4-3-7(6-10)5-9-8;1-2/h3-4,7,11,16H,2,5-6,8-10H2,1H3;2-6H,1H2;1-2H3/b15-13-;;. The van der Waals surface area contributed by atoms with Crippen LogP contribution in [-0.4, -0.2) is 49.9 Å². The summed E-state index contributed by atoms with van der Waals surface area (Å²) in [5.41, 5.74) is 1.90. The van der Waals surface area contributed by atoms with Crippen LogP contribution in [0.3, 0.4) is 0 Å². The Balaban J connectivity index is 0.000000380. The predicted octanol–water partition coefficient (Wildman–Crippen LogP) is 5.12. The van der Waals surface area contributed by atoms with E-state index >= 15 is 0 Å². The van der Waals surface area contributed by atoms with E-state index in [-0.39, 0.29) is 11.7 Å². The second-order valence-electron chi connectivity index (χ2n) is 6.54. The van der Waals surface area contributed by atoms with E-state index in [9.17, 15) is 9.59 Å². The number of nitrogens with zero attached hydrogens (tertiary/aromatic N) is 2. The summed E-state index contributed by atoms with van der Waals surface area (Å²) in [7, 11) is 1.84. The predicted molar refractivity (Wildman–Crippen MR) is 136 cm³/mol. The first-order chi connectivity index (χ1) is 16.1. The number of aromatic nitrogens is 1. The second kappa shape index (κ2) is 16.8. The van der Waals surface area contributed by atoms with Crippen LogP contribution < -0.4 is 5.32 Å². The number of ether oxygens (including phenoxy) is 1. The first kappa shape index (κ1) is 28.2. The van der Waals surface area contributed by atoms with Crippen LogP contribution in [0.4, 0.5) is 0 Å². The number of carbonyl (C=O) groups is 2. The van der Waals surface area contributed by atoms with Gasteiger partial charge in [-0.25, -0.2) is 0 Å². The van der Waals surface area contributed by atoms with Gasteiger partial charge in [0.05, 0.1) is 16.9 Å². The van der Waals surface area contributed by atoms with Crippen molar-refractivity contribution in [2.45, 2.75) is 26.7 Å². The zero-order valence-electron chi connectivity index (χ0n) is 19.6. The maximum absolute atomic E-state index is 12.8.